The lowest BCUT2D eigenvalue weighted by Crippen LogP contribution is -2.41. The van der Waals surface area contributed by atoms with Crippen molar-refractivity contribution < 1.29 is 9.15 Å². The zero-order valence-electron chi connectivity index (χ0n) is 14.8. The summed E-state index contributed by atoms with van der Waals surface area (Å²) >= 11 is 0. The van der Waals surface area contributed by atoms with Crippen molar-refractivity contribution in [2.24, 2.45) is 5.41 Å². The summed E-state index contributed by atoms with van der Waals surface area (Å²) in [7, 11) is 1.78. The van der Waals surface area contributed by atoms with Gasteiger partial charge in [0.2, 0.25) is 5.95 Å². The van der Waals surface area contributed by atoms with Crippen LogP contribution < -0.4 is 4.90 Å². The highest BCUT2D eigenvalue weighted by atomic mass is 16.5. The lowest BCUT2D eigenvalue weighted by molar-refractivity contribution is 0.105. The zero-order chi connectivity index (χ0) is 17.1. The van der Waals surface area contributed by atoms with E-state index in [4.69, 9.17) is 9.15 Å². The van der Waals surface area contributed by atoms with Crippen molar-refractivity contribution in [2.75, 3.05) is 38.3 Å². The third-order valence-corrected chi connectivity index (χ3v) is 5.69. The maximum atomic E-state index is 5.48. The van der Waals surface area contributed by atoms with Gasteiger partial charge >= 0.3 is 0 Å². The minimum absolute atomic E-state index is 0.356. The highest BCUT2D eigenvalue weighted by Crippen LogP contribution is 2.44. The number of anilines is 1. The molecule has 1 atom stereocenters. The minimum atomic E-state index is 0.356. The first-order valence-corrected chi connectivity index (χ1v) is 9.04. The maximum Gasteiger partial charge on any atom is 0.225 e. The molecule has 0 saturated carbocycles. The van der Waals surface area contributed by atoms with Crippen molar-refractivity contribution in [1.82, 2.24) is 14.9 Å². The fraction of sp³-hybridized carbons (Fsp3) is 0.579. The van der Waals surface area contributed by atoms with Gasteiger partial charge in [-0.15, -0.1) is 0 Å². The molecule has 4 heterocycles. The Morgan fingerprint density at radius 2 is 2.08 bits per heavy atom. The van der Waals surface area contributed by atoms with Gasteiger partial charge in [-0.3, -0.25) is 4.90 Å². The SMILES string of the molecule is COCC1CC2(CCN(Cc3ccoc3)CC2)CN1c1ncccn1. The second-order valence-corrected chi connectivity index (χ2v) is 7.40. The molecule has 2 aliphatic heterocycles. The fourth-order valence-corrected chi connectivity index (χ4v) is 4.37. The number of likely N-dealkylation sites (tertiary alicyclic amines) is 1. The van der Waals surface area contributed by atoms with Crippen molar-refractivity contribution in [3.05, 3.63) is 42.6 Å². The Bertz CT molecular complexity index is 653. The zero-order valence-corrected chi connectivity index (χ0v) is 14.8. The molecule has 6 nitrogen and oxygen atoms in total. The van der Waals surface area contributed by atoms with Crippen LogP contribution in [0.4, 0.5) is 5.95 Å². The van der Waals surface area contributed by atoms with E-state index in [1.54, 1.807) is 13.4 Å². The van der Waals surface area contributed by atoms with E-state index in [1.807, 2.05) is 24.7 Å². The van der Waals surface area contributed by atoms with Crippen molar-refractivity contribution >= 4 is 5.95 Å². The van der Waals surface area contributed by atoms with Crippen molar-refractivity contribution in [3.63, 3.8) is 0 Å². The molecule has 0 amide bonds. The van der Waals surface area contributed by atoms with Crippen molar-refractivity contribution in [3.8, 4) is 0 Å². The molecule has 0 aliphatic carbocycles. The topological polar surface area (TPSA) is 54.6 Å². The first-order chi connectivity index (χ1) is 12.3. The van der Waals surface area contributed by atoms with Gasteiger partial charge in [0.15, 0.2) is 0 Å². The number of hydrogen-bond donors (Lipinski definition) is 0. The predicted molar refractivity (Wildman–Crippen MR) is 95.3 cm³/mol. The molecule has 2 aliphatic rings. The van der Waals surface area contributed by atoms with E-state index in [1.165, 1.54) is 24.8 Å². The molecular formula is C19H26N4O2. The molecule has 2 aromatic heterocycles. The van der Waals surface area contributed by atoms with Gasteiger partial charge in [-0.25, -0.2) is 9.97 Å². The van der Waals surface area contributed by atoms with Crippen LogP contribution in [-0.2, 0) is 11.3 Å². The second-order valence-electron chi connectivity index (χ2n) is 7.40. The van der Waals surface area contributed by atoms with Gasteiger partial charge in [0.1, 0.15) is 0 Å². The molecule has 25 heavy (non-hydrogen) atoms. The molecule has 0 radical (unpaired) electrons. The third-order valence-electron chi connectivity index (χ3n) is 5.69. The number of furan rings is 1. The van der Waals surface area contributed by atoms with Gasteiger partial charge < -0.3 is 14.1 Å². The standard InChI is InChI=1S/C19H26N4O2/c1-24-14-17-11-19(15-23(17)18-20-6-2-7-21-18)4-8-22(9-5-19)12-16-3-10-25-13-16/h2-3,6-7,10,13,17H,4-5,8-9,11-12,14-15H2,1H3. The normalized spacial score (nSPS) is 23.4. The van der Waals surface area contributed by atoms with E-state index >= 15 is 0 Å². The average Bonchev–Trinajstić information content (AvgIpc) is 3.27. The second kappa shape index (κ2) is 7.14. The van der Waals surface area contributed by atoms with Gasteiger partial charge in [-0.05, 0) is 49.9 Å². The molecular weight excluding hydrogens is 316 g/mol. The van der Waals surface area contributed by atoms with E-state index < -0.39 is 0 Å². The summed E-state index contributed by atoms with van der Waals surface area (Å²) in [6.45, 7) is 5.02. The first kappa shape index (κ1) is 16.5. The van der Waals surface area contributed by atoms with Crippen LogP contribution in [0.2, 0.25) is 0 Å². The monoisotopic (exact) mass is 342 g/mol. The molecule has 134 valence electrons. The summed E-state index contributed by atoms with van der Waals surface area (Å²) in [5, 5.41) is 0. The minimum Gasteiger partial charge on any atom is -0.472 e. The smallest absolute Gasteiger partial charge is 0.225 e. The highest BCUT2D eigenvalue weighted by Gasteiger charge is 2.46. The summed E-state index contributed by atoms with van der Waals surface area (Å²) < 4.78 is 10.7. The van der Waals surface area contributed by atoms with Crippen molar-refractivity contribution in [1.29, 1.82) is 0 Å². The molecule has 2 aromatic rings. The van der Waals surface area contributed by atoms with Crippen LogP contribution in [0.3, 0.4) is 0 Å². The summed E-state index contributed by atoms with van der Waals surface area (Å²) in [5.74, 6) is 0.835. The Morgan fingerprint density at radius 3 is 2.76 bits per heavy atom. The number of nitrogens with zero attached hydrogens (tertiary/aromatic N) is 4. The van der Waals surface area contributed by atoms with Crippen LogP contribution >= 0.6 is 0 Å². The number of hydrogen-bond acceptors (Lipinski definition) is 6. The Labute approximate surface area is 148 Å². The number of piperidine rings is 1. The van der Waals surface area contributed by atoms with Crippen LogP contribution in [0.5, 0.6) is 0 Å². The summed E-state index contributed by atoms with van der Waals surface area (Å²) in [4.78, 5) is 13.8. The lowest BCUT2D eigenvalue weighted by Gasteiger charge is -2.39. The maximum absolute atomic E-state index is 5.48. The average molecular weight is 342 g/mol. The summed E-state index contributed by atoms with van der Waals surface area (Å²) in [6, 6.07) is 4.30. The van der Waals surface area contributed by atoms with E-state index in [0.717, 1.165) is 38.7 Å². The first-order valence-electron chi connectivity index (χ1n) is 9.04. The Hall–Kier alpha value is -1.92. The van der Waals surface area contributed by atoms with E-state index in [9.17, 15) is 0 Å². The highest BCUT2D eigenvalue weighted by molar-refractivity contribution is 5.35. The van der Waals surface area contributed by atoms with E-state index in [2.05, 4.69) is 25.8 Å². The van der Waals surface area contributed by atoms with E-state index in [0.29, 0.717) is 11.5 Å². The molecule has 2 fully saturated rings. The molecule has 6 heteroatoms. The fourth-order valence-electron chi connectivity index (χ4n) is 4.37. The van der Waals surface area contributed by atoms with Crippen LogP contribution in [0.25, 0.3) is 0 Å². The Kier molecular flexibility index (Phi) is 4.72. The molecule has 2 saturated heterocycles. The largest absolute Gasteiger partial charge is 0.472 e. The summed E-state index contributed by atoms with van der Waals surface area (Å²) in [6.07, 6.45) is 10.9. The number of rotatable bonds is 5. The molecule has 4 rings (SSSR count). The number of ether oxygens (including phenoxy) is 1. The lowest BCUT2D eigenvalue weighted by atomic mass is 9.76. The molecule has 1 unspecified atom stereocenters. The number of methoxy groups -OCH3 is 1. The van der Waals surface area contributed by atoms with Crippen molar-refractivity contribution in [2.45, 2.75) is 31.8 Å². The molecule has 0 N–H and O–H groups in total. The van der Waals surface area contributed by atoms with Gasteiger partial charge in [0.05, 0.1) is 25.2 Å². The van der Waals surface area contributed by atoms with Crippen LogP contribution in [-0.4, -0.2) is 54.3 Å². The molecule has 0 aromatic carbocycles. The van der Waals surface area contributed by atoms with Crippen LogP contribution in [0, 0.1) is 5.41 Å². The van der Waals surface area contributed by atoms with E-state index in [-0.39, 0.29) is 0 Å². The van der Waals surface area contributed by atoms with Gasteiger partial charge in [0, 0.05) is 38.2 Å². The van der Waals surface area contributed by atoms with Crippen LogP contribution in [0.15, 0.2) is 41.5 Å². The van der Waals surface area contributed by atoms with Gasteiger partial charge in [-0.2, -0.15) is 0 Å². The Morgan fingerprint density at radius 1 is 1.28 bits per heavy atom. The quantitative estimate of drug-likeness (QED) is 0.832. The number of aromatic nitrogens is 2. The molecule has 1 spiro atoms. The Balaban J connectivity index is 1.42. The van der Waals surface area contributed by atoms with Crippen LogP contribution in [0.1, 0.15) is 24.8 Å². The third kappa shape index (κ3) is 3.55. The van der Waals surface area contributed by atoms with Gasteiger partial charge in [-0.1, -0.05) is 0 Å². The summed E-state index contributed by atoms with van der Waals surface area (Å²) in [5.41, 5.74) is 1.62. The predicted octanol–water partition coefficient (Wildman–Crippen LogP) is 2.58. The van der Waals surface area contributed by atoms with Gasteiger partial charge in [0.25, 0.3) is 0 Å². The molecule has 0 bridgehead atoms.